The Labute approximate surface area is 666 Å². The Morgan fingerprint density at radius 2 is 1.16 bits per heavy atom. The molecule has 6 fully saturated rings. The van der Waals surface area contributed by atoms with Crippen LogP contribution in [0.25, 0.3) is 43.2 Å². The van der Waals surface area contributed by atoms with Crippen LogP contribution in [0.3, 0.4) is 0 Å². The van der Waals surface area contributed by atoms with Crippen molar-refractivity contribution in [3.63, 3.8) is 0 Å². The van der Waals surface area contributed by atoms with E-state index >= 15 is 0 Å². The lowest BCUT2D eigenvalue weighted by molar-refractivity contribution is -0.144. The van der Waals surface area contributed by atoms with Gasteiger partial charge in [0.05, 0.1) is 68.9 Å². The number of likely N-dealkylation sites (N-methyl/N-ethyl adjacent to an activating group) is 2. The van der Waals surface area contributed by atoms with Crippen molar-refractivity contribution >= 4 is 112 Å². The van der Waals surface area contributed by atoms with Gasteiger partial charge in [0.2, 0.25) is 55.5 Å². The number of unbranched alkanes of at least 4 members (excludes halogenated alkanes) is 4. The van der Waals surface area contributed by atoms with Crippen molar-refractivity contribution in [3.8, 4) is 32.9 Å². The molecule has 2 saturated heterocycles. The lowest BCUT2D eigenvalue weighted by Gasteiger charge is -2.29. The first-order valence-electron chi connectivity index (χ1n) is 36.9. The molecule has 0 radical (unpaired) electrons. The number of likely N-dealkylation sites (tertiary alicyclic amines) is 2. The molecule has 6 heterocycles. The minimum absolute atomic E-state index is 0. The quantitative estimate of drug-likeness (QED) is 0.0220. The predicted molar refractivity (Wildman–Crippen MR) is 428 cm³/mol. The van der Waals surface area contributed by atoms with Gasteiger partial charge in [0, 0.05) is 86.5 Å². The summed E-state index contributed by atoms with van der Waals surface area (Å²) in [4.78, 5) is 108. The van der Waals surface area contributed by atoms with E-state index < -0.39 is 107 Å². The van der Waals surface area contributed by atoms with Gasteiger partial charge < -0.3 is 39.3 Å². The van der Waals surface area contributed by atoms with E-state index in [1.54, 1.807) is 80.2 Å². The molecule has 4 saturated carbocycles. The van der Waals surface area contributed by atoms with Gasteiger partial charge in [-0.05, 0) is 137 Å². The number of sulfonamides is 2. The van der Waals surface area contributed by atoms with E-state index in [0.29, 0.717) is 100 Å². The fourth-order valence-corrected chi connectivity index (χ4v) is 19.1. The number of ether oxygens (including phenoxy) is 2. The first kappa shape index (κ1) is 87.8. The molecule has 24 nitrogen and oxygen atoms in total. The van der Waals surface area contributed by atoms with E-state index in [0.717, 1.165) is 54.5 Å². The molecule has 2 aliphatic heterocycles. The van der Waals surface area contributed by atoms with Crippen LogP contribution in [-0.4, -0.2) is 177 Å². The molecule has 12 rings (SSSR count). The summed E-state index contributed by atoms with van der Waals surface area (Å²) in [5.41, 5.74) is 0.291. The van der Waals surface area contributed by atoms with Crippen LogP contribution in [0.2, 0.25) is 5.02 Å². The second kappa shape index (κ2) is 35.3. The highest BCUT2D eigenvalue weighted by Crippen LogP contribution is 2.59. The number of thiazole rings is 2. The highest BCUT2D eigenvalue weighted by Gasteiger charge is 2.64. The normalized spacial score (nSPS) is 22.2. The van der Waals surface area contributed by atoms with Crippen molar-refractivity contribution in [1.82, 2.24) is 49.0 Å². The molecule has 6 amide bonds. The maximum absolute atomic E-state index is 14.3. The van der Waals surface area contributed by atoms with Crippen LogP contribution in [0.1, 0.15) is 172 Å². The molecule has 2 aromatic carbocycles. The molecule has 0 unspecified atom stereocenters. The number of nitrogens with one attached hydrogen (secondary N) is 2. The van der Waals surface area contributed by atoms with E-state index in [1.165, 1.54) is 33.3 Å². The van der Waals surface area contributed by atoms with Gasteiger partial charge in [0.1, 0.15) is 57.2 Å². The van der Waals surface area contributed by atoms with Crippen LogP contribution in [-0.2, 0) is 68.2 Å². The number of benzene rings is 2. The second-order valence-corrected chi connectivity index (χ2v) is 36.5. The molecule has 112 heavy (non-hydrogen) atoms. The first-order chi connectivity index (χ1) is 52.1. The fourth-order valence-electron chi connectivity index (χ4n) is 14.4. The van der Waals surface area contributed by atoms with E-state index in [9.17, 15) is 69.0 Å². The third kappa shape index (κ3) is 18.8. The Morgan fingerprint density at radius 3 is 1.59 bits per heavy atom. The number of carbonyl (C=O) groups is 6. The summed E-state index contributed by atoms with van der Waals surface area (Å²) in [6.07, 6.45) is 7.27. The predicted octanol–water partition coefficient (Wildman–Crippen LogP) is 13.2. The Bertz CT molecular complexity index is 4840. The smallest absolute Gasteiger partial charge is 0.434 e. The number of amides is 6. The number of nitrogens with zero attached hydrogens (tertiary/aromatic N) is 8. The molecule has 8 atom stereocenters. The van der Waals surface area contributed by atoms with Crippen molar-refractivity contribution < 1.29 is 78.5 Å². The average Bonchev–Trinajstić information content (AvgIpc) is 1.57. The standard InChI is InChI=1S/C39H48ClN5O7S2.C39H46F3N5O7S2.2CH4/c1-6-8-9-10-15-44(5)37(48)31-16-26(20-45(31)33(47)19-39(18-25(39)7-2)38(49)43-54(50,51)27-12-13-27)52-32-17-29(36-42-30(22-53-36)23(3)4)41-35-28(32)14-11-24(21-46)34(35)40;1-6-8-9-10-15-46(5)35(50)29-16-26(20-47(29)32(49)19-38(18-25(38)7-2)36(51)45-56(52,53)37(4)13-14-37)54-30-17-28(34-44-31(22-55-34)39(40,41)42)43-33-23(3)24(21-48)11-12-27(30)33;;/h6-7,11,14,17,22-23,25-27,31,46H,1-2,8-10,12-13,15-16,18-21H2,3-5H3,(H,43,49);6-7,11-12,17,22,25-26,29,48H,1-2,8-10,13-16,18-21H2,3-5H3,(H,45,51);2*1H4/t25-,26+,31+,39-;25-,26+,29+,38-;;/m11../s1. The highest BCUT2D eigenvalue weighted by atomic mass is 35.5. The van der Waals surface area contributed by atoms with Crippen LogP contribution in [0.4, 0.5) is 13.2 Å². The van der Waals surface area contributed by atoms with Crippen LogP contribution in [0.5, 0.6) is 11.5 Å². The highest BCUT2D eigenvalue weighted by molar-refractivity contribution is 7.91. The third-order valence-corrected chi connectivity index (χ3v) is 28.2. The van der Waals surface area contributed by atoms with Crippen molar-refractivity contribution in [2.24, 2.45) is 22.7 Å². The van der Waals surface area contributed by atoms with Crippen molar-refractivity contribution in [2.45, 2.75) is 205 Å². The summed E-state index contributed by atoms with van der Waals surface area (Å²) in [6.45, 7) is 22.8. The van der Waals surface area contributed by atoms with E-state index in [1.807, 2.05) is 11.5 Å². The lowest BCUT2D eigenvalue weighted by Crippen LogP contribution is -2.49. The molecular weight excluding hydrogens is 1550 g/mol. The van der Waals surface area contributed by atoms with Gasteiger partial charge in [-0.1, -0.05) is 76.7 Å². The van der Waals surface area contributed by atoms with Gasteiger partial charge in [0.25, 0.3) is 0 Å². The summed E-state index contributed by atoms with van der Waals surface area (Å²) in [5, 5.41) is 24.2. The van der Waals surface area contributed by atoms with Gasteiger partial charge in [-0.15, -0.1) is 49.0 Å². The number of pyridine rings is 2. The van der Waals surface area contributed by atoms with Crippen LogP contribution < -0.4 is 18.9 Å². The van der Waals surface area contributed by atoms with E-state index in [4.69, 9.17) is 31.0 Å². The van der Waals surface area contributed by atoms with Crippen molar-refractivity contribution in [3.05, 3.63) is 131 Å². The van der Waals surface area contributed by atoms with Gasteiger partial charge >= 0.3 is 6.18 Å². The minimum atomic E-state index is -4.67. The molecule has 4 aliphatic carbocycles. The average molecular weight is 1650 g/mol. The number of rotatable bonds is 33. The zero-order valence-electron chi connectivity index (χ0n) is 62.4. The number of carbonyl (C=O) groups excluding carboxylic acids is 6. The van der Waals surface area contributed by atoms with E-state index in [-0.39, 0.29) is 125 Å². The molecule has 32 heteroatoms. The fraction of sp³-hybridized carbons (Fsp3) is 0.525. The van der Waals surface area contributed by atoms with E-state index in [2.05, 4.69) is 59.6 Å². The summed E-state index contributed by atoms with van der Waals surface area (Å²) in [7, 11) is -4.47. The minimum Gasteiger partial charge on any atom is -0.488 e. The zero-order valence-corrected chi connectivity index (χ0v) is 66.5. The number of fused-ring (bicyclic) bond motifs is 2. The summed E-state index contributed by atoms with van der Waals surface area (Å²) in [6, 6.07) is 8.24. The Kier molecular flexibility index (Phi) is 27.6. The Balaban J connectivity index is 0.000000253. The topological polar surface area (TPSA) is 318 Å². The molecule has 0 bridgehead atoms. The SMILES string of the molecule is C.C.C=CCCCCN(C)C(=O)[C@@H]1C[C@H](Oc2cc(-c3nc(C(C)C)cs3)nc3c(Cl)c(CO)ccc23)CN1C(=O)C[C@]1(C(=O)NS(=O)(=O)C2CC2)C[C@H]1C=C.C=CCCCCN(C)C(=O)[C@@H]1C[C@H](Oc2cc(-c3nc(C(F)(F)F)cs3)nc3c(C)c(CO)ccc23)CN1C(=O)C[C@]1(C(=O)NS(=O)(=O)C2(C)CC2)C[C@H]1C=C. The maximum Gasteiger partial charge on any atom is 0.434 e. The van der Waals surface area contributed by atoms with Crippen molar-refractivity contribution in [2.75, 3.05) is 40.3 Å². The van der Waals surface area contributed by atoms with Gasteiger partial charge in [-0.2, -0.15) is 13.2 Å². The molecule has 4 N–H and O–H groups in total. The van der Waals surface area contributed by atoms with Crippen LogP contribution >= 0.6 is 34.3 Å². The number of alkyl halides is 3. The third-order valence-electron chi connectivity index (χ3n) is 22.0. The molecule has 6 aliphatic rings. The Morgan fingerprint density at radius 1 is 0.696 bits per heavy atom. The zero-order chi connectivity index (χ0) is 79.7. The van der Waals surface area contributed by atoms with Crippen molar-refractivity contribution in [1.29, 1.82) is 0 Å². The molecule has 4 aromatic heterocycles. The number of allylic oxidation sites excluding steroid dienone is 4. The molecule has 608 valence electrons. The molecule has 6 aromatic rings. The number of aromatic nitrogens is 4. The monoisotopic (exact) mass is 1650 g/mol. The largest absolute Gasteiger partial charge is 0.488 e. The number of aryl methyl sites for hydroxylation is 1. The lowest BCUT2D eigenvalue weighted by atomic mass is 9.97. The number of aliphatic hydroxyl groups excluding tert-OH is 2. The number of halogens is 4. The first-order valence-corrected chi connectivity index (χ1v) is 42.0. The van der Waals surface area contributed by atoms with Gasteiger partial charge in [-0.25, -0.2) is 36.8 Å². The molecule has 0 spiro atoms. The van der Waals surface area contributed by atoms with Gasteiger partial charge in [0.15, 0.2) is 5.69 Å². The maximum atomic E-state index is 14.3. The molecular formula is C80H102ClF3N10O14S4. The number of hydrogen-bond donors (Lipinski definition) is 4. The summed E-state index contributed by atoms with van der Waals surface area (Å²) < 4.78 is 109. The Hall–Kier alpha value is -8.20. The number of hydrogen-bond acceptors (Lipinski definition) is 20. The summed E-state index contributed by atoms with van der Waals surface area (Å²) >= 11 is 8.98. The number of aliphatic hydroxyl groups is 2. The van der Waals surface area contributed by atoms with Gasteiger partial charge in [-0.3, -0.25) is 38.2 Å². The van der Waals surface area contributed by atoms with Crippen LogP contribution in [0.15, 0.2) is 97.8 Å². The second-order valence-electron chi connectivity index (χ2n) is 30.3. The van der Waals surface area contributed by atoms with Crippen LogP contribution in [0, 0.1) is 29.6 Å². The summed E-state index contributed by atoms with van der Waals surface area (Å²) in [5.74, 6) is -3.02.